The van der Waals surface area contributed by atoms with Crippen LogP contribution in [0.25, 0.3) is 0 Å². The largest absolute Gasteiger partial charge is 0.356 e. The highest BCUT2D eigenvalue weighted by Gasteiger charge is 2.19. The number of amides is 1. The second-order valence-corrected chi connectivity index (χ2v) is 6.18. The van der Waals surface area contributed by atoms with Crippen LogP contribution in [0.1, 0.15) is 34.7 Å². The number of pyridine rings is 1. The van der Waals surface area contributed by atoms with Crippen LogP contribution in [0.5, 0.6) is 0 Å². The fourth-order valence-corrected chi connectivity index (χ4v) is 2.91. The Morgan fingerprint density at radius 3 is 2.62 bits per heavy atom. The van der Waals surface area contributed by atoms with Crippen molar-refractivity contribution in [2.24, 2.45) is 0 Å². The van der Waals surface area contributed by atoms with Crippen molar-refractivity contribution in [3.63, 3.8) is 0 Å². The van der Waals surface area contributed by atoms with Crippen LogP contribution in [0.2, 0.25) is 0 Å². The molecule has 0 aliphatic carbocycles. The molecule has 1 amide bonds. The number of rotatable bonds is 5. The minimum atomic E-state index is -0.0602. The Kier molecular flexibility index (Phi) is 5.03. The lowest BCUT2D eigenvalue weighted by Gasteiger charge is -2.20. The number of nitrogens with zero attached hydrogens (tertiary/aromatic N) is 5. The molecule has 24 heavy (non-hydrogen) atoms. The SMILES string of the molecule is Cc1nc(C(=O)N(C)CCc2ccncc2)cc(N2CCCC2)n1. The Bertz CT molecular complexity index is 698. The van der Waals surface area contributed by atoms with E-state index in [0.717, 1.165) is 25.3 Å². The maximum Gasteiger partial charge on any atom is 0.272 e. The molecule has 1 saturated heterocycles. The van der Waals surface area contributed by atoms with E-state index >= 15 is 0 Å². The van der Waals surface area contributed by atoms with Crippen molar-refractivity contribution in [1.82, 2.24) is 19.9 Å². The van der Waals surface area contributed by atoms with E-state index in [2.05, 4.69) is 19.9 Å². The van der Waals surface area contributed by atoms with Crippen molar-refractivity contribution >= 4 is 11.7 Å². The summed E-state index contributed by atoms with van der Waals surface area (Å²) in [4.78, 5) is 29.5. The Labute approximate surface area is 142 Å². The molecule has 0 unspecified atom stereocenters. The molecule has 3 heterocycles. The number of aromatic nitrogens is 3. The van der Waals surface area contributed by atoms with E-state index in [1.54, 1.807) is 17.3 Å². The van der Waals surface area contributed by atoms with Gasteiger partial charge in [0.25, 0.3) is 5.91 Å². The molecule has 0 spiro atoms. The molecule has 0 atom stereocenters. The highest BCUT2D eigenvalue weighted by atomic mass is 16.2. The first-order valence-corrected chi connectivity index (χ1v) is 8.38. The standard InChI is InChI=1S/C18H23N5O/c1-14-20-16(13-17(21-14)23-10-3-4-11-23)18(24)22(2)12-7-15-5-8-19-9-6-15/h5-6,8-9,13H,3-4,7,10-12H2,1-2H3. The van der Waals surface area contributed by atoms with Crippen LogP contribution in [-0.4, -0.2) is 52.4 Å². The summed E-state index contributed by atoms with van der Waals surface area (Å²) in [6.07, 6.45) is 6.70. The van der Waals surface area contributed by atoms with Crippen LogP contribution >= 0.6 is 0 Å². The lowest BCUT2D eigenvalue weighted by Crippen LogP contribution is -2.30. The molecule has 1 aliphatic rings. The van der Waals surface area contributed by atoms with Crippen molar-refractivity contribution in [3.8, 4) is 0 Å². The van der Waals surface area contributed by atoms with Gasteiger partial charge in [-0.1, -0.05) is 0 Å². The van der Waals surface area contributed by atoms with Crippen molar-refractivity contribution in [1.29, 1.82) is 0 Å². The van der Waals surface area contributed by atoms with E-state index in [1.165, 1.54) is 18.4 Å². The Morgan fingerprint density at radius 2 is 1.92 bits per heavy atom. The van der Waals surface area contributed by atoms with Gasteiger partial charge in [-0.15, -0.1) is 0 Å². The molecule has 0 bridgehead atoms. The van der Waals surface area contributed by atoms with Crippen LogP contribution in [0.4, 0.5) is 5.82 Å². The number of carbonyl (C=O) groups excluding carboxylic acids is 1. The summed E-state index contributed by atoms with van der Waals surface area (Å²) in [6, 6.07) is 5.76. The molecule has 6 heteroatoms. The van der Waals surface area contributed by atoms with Gasteiger partial charge < -0.3 is 9.80 Å². The summed E-state index contributed by atoms with van der Waals surface area (Å²) in [5.74, 6) is 1.45. The lowest BCUT2D eigenvalue weighted by atomic mass is 10.2. The predicted octanol–water partition coefficient (Wildman–Crippen LogP) is 2.09. The number of likely N-dealkylation sites (N-methyl/N-ethyl adjacent to an activating group) is 1. The number of aryl methyl sites for hydroxylation is 1. The Hall–Kier alpha value is -2.50. The van der Waals surface area contributed by atoms with E-state index in [0.29, 0.717) is 18.1 Å². The van der Waals surface area contributed by atoms with Gasteiger partial charge in [0, 0.05) is 45.1 Å². The van der Waals surface area contributed by atoms with Crippen LogP contribution in [0.3, 0.4) is 0 Å². The highest BCUT2D eigenvalue weighted by molar-refractivity contribution is 5.92. The molecule has 0 N–H and O–H groups in total. The van der Waals surface area contributed by atoms with Crippen LogP contribution in [-0.2, 0) is 6.42 Å². The van der Waals surface area contributed by atoms with Gasteiger partial charge in [-0.25, -0.2) is 9.97 Å². The summed E-state index contributed by atoms with van der Waals surface area (Å²) in [5.41, 5.74) is 1.64. The average molecular weight is 325 g/mol. The third-order valence-corrected chi connectivity index (χ3v) is 4.31. The topological polar surface area (TPSA) is 62.2 Å². The van der Waals surface area contributed by atoms with E-state index in [-0.39, 0.29) is 5.91 Å². The quantitative estimate of drug-likeness (QED) is 0.842. The number of hydrogen-bond acceptors (Lipinski definition) is 5. The summed E-state index contributed by atoms with van der Waals surface area (Å²) >= 11 is 0. The van der Waals surface area contributed by atoms with Crippen molar-refractivity contribution < 1.29 is 4.79 Å². The highest BCUT2D eigenvalue weighted by Crippen LogP contribution is 2.19. The summed E-state index contributed by atoms with van der Waals surface area (Å²) in [6.45, 7) is 4.49. The van der Waals surface area contributed by atoms with Gasteiger partial charge in [-0.3, -0.25) is 9.78 Å². The zero-order valence-corrected chi connectivity index (χ0v) is 14.3. The fourth-order valence-electron chi connectivity index (χ4n) is 2.91. The molecule has 2 aromatic heterocycles. The number of hydrogen-bond donors (Lipinski definition) is 0. The maximum absolute atomic E-state index is 12.7. The summed E-state index contributed by atoms with van der Waals surface area (Å²) < 4.78 is 0. The zero-order valence-electron chi connectivity index (χ0n) is 14.3. The van der Waals surface area contributed by atoms with E-state index in [1.807, 2.05) is 32.2 Å². The van der Waals surface area contributed by atoms with Gasteiger partial charge in [0.05, 0.1) is 0 Å². The third kappa shape index (κ3) is 3.88. The predicted molar refractivity (Wildman–Crippen MR) is 93.1 cm³/mol. The second-order valence-electron chi connectivity index (χ2n) is 6.18. The first kappa shape index (κ1) is 16.4. The molecule has 1 fully saturated rings. The molecule has 0 aromatic carbocycles. The Balaban J connectivity index is 1.69. The van der Waals surface area contributed by atoms with Gasteiger partial charge in [0.2, 0.25) is 0 Å². The normalized spacial score (nSPS) is 14.0. The molecule has 1 aliphatic heterocycles. The van der Waals surface area contributed by atoms with Crippen molar-refractivity contribution in [3.05, 3.63) is 47.7 Å². The van der Waals surface area contributed by atoms with Crippen molar-refractivity contribution in [2.75, 3.05) is 31.6 Å². The minimum Gasteiger partial charge on any atom is -0.356 e. The third-order valence-electron chi connectivity index (χ3n) is 4.31. The minimum absolute atomic E-state index is 0.0602. The first-order chi connectivity index (χ1) is 11.6. The fraction of sp³-hybridized carbons (Fsp3) is 0.444. The molecule has 6 nitrogen and oxygen atoms in total. The van der Waals surface area contributed by atoms with Crippen molar-refractivity contribution in [2.45, 2.75) is 26.2 Å². The lowest BCUT2D eigenvalue weighted by molar-refractivity contribution is 0.0790. The molecule has 0 saturated carbocycles. The number of carbonyl (C=O) groups is 1. The van der Waals surface area contributed by atoms with Gasteiger partial charge in [-0.2, -0.15) is 0 Å². The van der Waals surface area contributed by atoms with Crippen LogP contribution < -0.4 is 4.90 Å². The smallest absolute Gasteiger partial charge is 0.272 e. The molecule has 2 aromatic rings. The van der Waals surface area contributed by atoms with E-state index in [4.69, 9.17) is 0 Å². The summed E-state index contributed by atoms with van der Waals surface area (Å²) in [5, 5.41) is 0. The van der Waals surface area contributed by atoms with Gasteiger partial charge in [-0.05, 0) is 43.9 Å². The average Bonchev–Trinajstić information content (AvgIpc) is 3.14. The molecule has 126 valence electrons. The van der Waals surface area contributed by atoms with Crippen LogP contribution in [0, 0.1) is 6.92 Å². The van der Waals surface area contributed by atoms with Gasteiger partial charge in [0.1, 0.15) is 17.3 Å². The zero-order chi connectivity index (χ0) is 16.9. The molecule has 3 rings (SSSR count). The van der Waals surface area contributed by atoms with E-state index < -0.39 is 0 Å². The molecular formula is C18H23N5O. The molecular weight excluding hydrogens is 302 g/mol. The Morgan fingerprint density at radius 1 is 1.21 bits per heavy atom. The van der Waals surface area contributed by atoms with Gasteiger partial charge in [0.15, 0.2) is 0 Å². The van der Waals surface area contributed by atoms with E-state index in [9.17, 15) is 4.79 Å². The second kappa shape index (κ2) is 7.38. The molecule has 0 radical (unpaired) electrons. The maximum atomic E-state index is 12.7. The monoisotopic (exact) mass is 325 g/mol. The summed E-state index contributed by atoms with van der Waals surface area (Å²) in [7, 11) is 1.82. The van der Waals surface area contributed by atoms with Crippen LogP contribution in [0.15, 0.2) is 30.6 Å². The first-order valence-electron chi connectivity index (χ1n) is 8.38. The number of anilines is 1. The van der Waals surface area contributed by atoms with Gasteiger partial charge >= 0.3 is 0 Å².